The molecule has 0 aliphatic heterocycles. The van der Waals surface area contributed by atoms with E-state index in [0.717, 1.165) is 0 Å². The lowest BCUT2D eigenvalue weighted by molar-refractivity contribution is 0.343. The number of aliphatic hydroxyl groups is 1. The van der Waals surface area contributed by atoms with E-state index in [2.05, 4.69) is 75.5 Å². The van der Waals surface area contributed by atoms with E-state index < -0.39 is 8.07 Å². The van der Waals surface area contributed by atoms with E-state index in [1.165, 1.54) is 27.1 Å². The SMILES string of the molecule is Cc1ccc(C)c([Si](C)(C)c2ccccc2)c1/C=C/CO. The Kier molecular flexibility index (Phi) is 4.81. The molecule has 0 amide bonds. The molecule has 2 aromatic rings. The van der Waals surface area contributed by atoms with Crippen LogP contribution in [0.2, 0.25) is 13.1 Å². The van der Waals surface area contributed by atoms with Gasteiger partial charge in [-0.1, -0.05) is 78.5 Å². The van der Waals surface area contributed by atoms with Crippen molar-refractivity contribution in [3.05, 3.63) is 65.2 Å². The molecule has 1 nitrogen and oxygen atoms in total. The molecule has 0 saturated heterocycles. The van der Waals surface area contributed by atoms with Crippen LogP contribution in [0.25, 0.3) is 6.08 Å². The summed E-state index contributed by atoms with van der Waals surface area (Å²) in [4.78, 5) is 0. The Morgan fingerprint density at radius 1 is 0.952 bits per heavy atom. The summed E-state index contributed by atoms with van der Waals surface area (Å²) in [6.45, 7) is 9.24. The normalized spacial score (nSPS) is 12.0. The summed E-state index contributed by atoms with van der Waals surface area (Å²) in [6.07, 6.45) is 3.91. The topological polar surface area (TPSA) is 20.2 Å². The van der Waals surface area contributed by atoms with E-state index >= 15 is 0 Å². The van der Waals surface area contributed by atoms with E-state index in [9.17, 15) is 0 Å². The summed E-state index contributed by atoms with van der Waals surface area (Å²) in [7, 11) is -1.76. The predicted octanol–water partition coefficient (Wildman–Crippen LogP) is 3.13. The van der Waals surface area contributed by atoms with Crippen molar-refractivity contribution in [1.29, 1.82) is 0 Å². The van der Waals surface area contributed by atoms with Crippen molar-refractivity contribution >= 4 is 24.5 Å². The smallest absolute Gasteiger partial charge is 0.113 e. The van der Waals surface area contributed by atoms with E-state index in [1.807, 2.05) is 6.08 Å². The third-order valence-corrected chi connectivity index (χ3v) is 7.87. The van der Waals surface area contributed by atoms with Crippen molar-refractivity contribution in [2.24, 2.45) is 0 Å². The molecule has 0 saturated carbocycles. The van der Waals surface area contributed by atoms with Gasteiger partial charge >= 0.3 is 0 Å². The highest BCUT2D eigenvalue weighted by atomic mass is 28.3. The molecule has 110 valence electrons. The zero-order chi connectivity index (χ0) is 15.5. The van der Waals surface area contributed by atoms with Gasteiger partial charge in [0.15, 0.2) is 0 Å². The van der Waals surface area contributed by atoms with Crippen molar-refractivity contribution < 1.29 is 5.11 Å². The predicted molar refractivity (Wildman–Crippen MR) is 95.2 cm³/mol. The molecule has 2 rings (SSSR count). The number of rotatable bonds is 4. The molecule has 0 heterocycles. The highest BCUT2D eigenvalue weighted by molar-refractivity contribution is 7.01. The van der Waals surface area contributed by atoms with Crippen LogP contribution in [0.15, 0.2) is 48.5 Å². The summed E-state index contributed by atoms with van der Waals surface area (Å²) in [5.41, 5.74) is 3.90. The van der Waals surface area contributed by atoms with E-state index in [-0.39, 0.29) is 6.61 Å². The van der Waals surface area contributed by atoms with Crippen molar-refractivity contribution in [2.75, 3.05) is 6.61 Å². The Morgan fingerprint density at radius 3 is 2.19 bits per heavy atom. The monoisotopic (exact) mass is 296 g/mol. The fourth-order valence-corrected chi connectivity index (χ4v) is 6.38. The van der Waals surface area contributed by atoms with Crippen molar-refractivity contribution in [3.8, 4) is 0 Å². The Morgan fingerprint density at radius 2 is 1.57 bits per heavy atom. The van der Waals surface area contributed by atoms with Gasteiger partial charge in [-0.05, 0) is 30.2 Å². The van der Waals surface area contributed by atoms with Gasteiger partial charge in [0.05, 0.1) is 6.61 Å². The molecular weight excluding hydrogens is 272 g/mol. The van der Waals surface area contributed by atoms with Crippen LogP contribution < -0.4 is 10.4 Å². The molecule has 0 aromatic heterocycles. The average molecular weight is 296 g/mol. The Labute approximate surface area is 129 Å². The summed E-state index contributed by atoms with van der Waals surface area (Å²) >= 11 is 0. The molecule has 0 bridgehead atoms. The van der Waals surface area contributed by atoms with Crippen LogP contribution in [0.3, 0.4) is 0 Å². The minimum Gasteiger partial charge on any atom is -0.392 e. The molecule has 0 atom stereocenters. The average Bonchev–Trinajstić information content (AvgIpc) is 2.48. The molecule has 0 radical (unpaired) electrons. The lowest BCUT2D eigenvalue weighted by atomic mass is 10.0. The third kappa shape index (κ3) is 3.17. The van der Waals surface area contributed by atoms with Crippen molar-refractivity contribution in [3.63, 3.8) is 0 Å². The minimum absolute atomic E-state index is 0.0835. The van der Waals surface area contributed by atoms with Crippen LogP contribution in [0, 0.1) is 13.8 Å². The first kappa shape index (κ1) is 15.7. The first-order valence-corrected chi connectivity index (χ1v) is 10.4. The minimum atomic E-state index is -1.76. The maximum absolute atomic E-state index is 9.12. The summed E-state index contributed by atoms with van der Waals surface area (Å²) in [5.74, 6) is 0. The van der Waals surface area contributed by atoms with Gasteiger partial charge in [0.25, 0.3) is 0 Å². The highest BCUT2D eigenvalue weighted by Gasteiger charge is 2.29. The van der Waals surface area contributed by atoms with E-state index in [1.54, 1.807) is 0 Å². The molecule has 0 fully saturated rings. The number of hydrogen-bond donors (Lipinski definition) is 1. The molecule has 2 aromatic carbocycles. The Hall–Kier alpha value is -1.64. The molecule has 0 unspecified atom stereocenters. The quantitative estimate of drug-likeness (QED) is 0.860. The fourth-order valence-electron chi connectivity index (χ4n) is 3.05. The summed E-state index contributed by atoms with van der Waals surface area (Å²) in [5, 5.41) is 12.0. The van der Waals surface area contributed by atoms with Gasteiger partial charge in [-0.25, -0.2) is 0 Å². The van der Waals surface area contributed by atoms with E-state index in [0.29, 0.717) is 0 Å². The van der Waals surface area contributed by atoms with Crippen LogP contribution in [0.1, 0.15) is 16.7 Å². The second-order valence-electron chi connectivity index (χ2n) is 6.06. The maximum Gasteiger partial charge on any atom is 0.113 e. The fraction of sp³-hybridized carbons (Fsp3) is 0.263. The summed E-state index contributed by atoms with van der Waals surface area (Å²) in [6, 6.07) is 15.2. The van der Waals surface area contributed by atoms with Gasteiger partial charge in [0.1, 0.15) is 8.07 Å². The number of aliphatic hydroxyl groups excluding tert-OH is 1. The van der Waals surface area contributed by atoms with Crippen LogP contribution in [0.4, 0.5) is 0 Å². The van der Waals surface area contributed by atoms with Crippen molar-refractivity contribution in [2.45, 2.75) is 26.9 Å². The molecule has 1 N–H and O–H groups in total. The number of hydrogen-bond acceptors (Lipinski definition) is 1. The maximum atomic E-state index is 9.12. The Balaban J connectivity index is 2.67. The molecule has 0 spiro atoms. The van der Waals surface area contributed by atoms with Crippen LogP contribution in [-0.2, 0) is 0 Å². The van der Waals surface area contributed by atoms with Gasteiger partial charge in [0.2, 0.25) is 0 Å². The summed E-state index contributed by atoms with van der Waals surface area (Å²) < 4.78 is 0. The molecule has 0 aliphatic carbocycles. The molecule has 21 heavy (non-hydrogen) atoms. The zero-order valence-electron chi connectivity index (χ0n) is 13.4. The lowest BCUT2D eigenvalue weighted by Gasteiger charge is -2.28. The number of aryl methyl sites for hydroxylation is 2. The lowest BCUT2D eigenvalue weighted by Crippen LogP contribution is -2.55. The molecule has 0 aliphatic rings. The van der Waals surface area contributed by atoms with E-state index in [4.69, 9.17) is 5.11 Å². The zero-order valence-corrected chi connectivity index (χ0v) is 14.4. The first-order chi connectivity index (χ1) is 9.98. The van der Waals surface area contributed by atoms with Gasteiger partial charge in [0, 0.05) is 0 Å². The third-order valence-electron chi connectivity index (χ3n) is 4.18. The highest BCUT2D eigenvalue weighted by Crippen LogP contribution is 2.17. The van der Waals surface area contributed by atoms with Gasteiger partial charge < -0.3 is 5.11 Å². The largest absolute Gasteiger partial charge is 0.392 e. The molecule has 2 heteroatoms. The van der Waals surface area contributed by atoms with Gasteiger partial charge in [-0.2, -0.15) is 0 Å². The number of benzene rings is 2. The Bertz CT molecular complexity index is 642. The second kappa shape index (κ2) is 6.42. The standard InChI is InChI=1S/C19H24OSi/c1-15-12-13-16(2)19(18(15)11-8-14-20)21(3,4)17-9-6-5-7-10-17/h5-13,20H,14H2,1-4H3/b11-8+. The van der Waals surface area contributed by atoms with Crippen LogP contribution >= 0.6 is 0 Å². The van der Waals surface area contributed by atoms with Crippen LogP contribution in [-0.4, -0.2) is 19.8 Å². The van der Waals surface area contributed by atoms with Crippen LogP contribution in [0.5, 0.6) is 0 Å². The van der Waals surface area contributed by atoms with Gasteiger partial charge in [-0.15, -0.1) is 0 Å². The first-order valence-electron chi connectivity index (χ1n) is 7.42. The van der Waals surface area contributed by atoms with Crippen molar-refractivity contribution in [1.82, 2.24) is 0 Å². The molecular formula is C19H24OSi. The second-order valence-corrected chi connectivity index (χ2v) is 10.4. The van der Waals surface area contributed by atoms with Gasteiger partial charge in [-0.3, -0.25) is 0 Å².